The molecule has 0 bridgehead atoms. The molecule has 0 radical (unpaired) electrons. The van der Waals surface area contributed by atoms with Crippen LogP contribution in [0.25, 0.3) is 0 Å². The van der Waals surface area contributed by atoms with Crippen molar-refractivity contribution in [2.75, 3.05) is 33.2 Å². The van der Waals surface area contributed by atoms with Gasteiger partial charge in [0.1, 0.15) is 5.54 Å². The average molecular weight is 491 g/mol. The van der Waals surface area contributed by atoms with Crippen molar-refractivity contribution >= 4 is 53.9 Å². The van der Waals surface area contributed by atoms with E-state index in [1.807, 2.05) is 30.1 Å². The van der Waals surface area contributed by atoms with Crippen molar-refractivity contribution in [1.82, 2.24) is 15.1 Å². The molecular weight excluding hydrogens is 464 g/mol. The molecule has 1 amide bonds. The summed E-state index contributed by atoms with van der Waals surface area (Å²) in [6.07, 6.45) is 1.76. The van der Waals surface area contributed by atoms with Gasteiger partial charge in [0.15, 0.2) is 0 Å². The maximum atomic E-state index is 13.9. The van der Waals surface area contributed by atoms with Gasteiger partial charge >= 0.3 is 0 Å². The molecule has 8 heteroatoms. The van der Waals surface area contributed by atoms with Gasteiger partial charge in [-0.1, -0.05) is 47.5 Å². The van der Waals surface area contributed by atoms with E-state index in [0.29, 0.717) is 16.6 Å². The average Bonchev–Trinajstić information content (AvgIpc) is 3.08. The quantitative estimate of drug-likeness (QED) is 0.683. The highest BCUT2D eigenvalue weighted by molar-refractivity contribution is 6.34. The van der Waals surface area contributed by atoms with Gasteiger partial charge in [0.2, 0.25) is 5.91 Å². The molecule has 164 valence electrons. The molecule has 0 saturated carbocycles. The van der Waals surface area contributed by atoms with Gasteiger partial charge in [0.25, 0.3) is 0 Å². The lowest BCUT2D eigenvalue weighted by Crippen LogP contribution is -2.60. The van der Waals surface area contributed by atoms with Crippen LogP contribution in [0.4, 0.5) is 0 Å². The Morgan fingerprint density at radius 3 is 2.40 bits per heavy atom. The Labute approximate surface area is 200 Å². The van der Waals surface area contributed by atoms with Crippen molar-refractivity contribution in [3.05, 3.63) is 69.2 Å². The molecule has 2 aromatic rings. The number of aryl methyl sites for hydroxylation is 1. The number of carbonyl (C=O) groups is 1. The van der Waals surface area contributed by atoms with Gasteiger partial charge in [-0.15, -0.1) is 24.8 Å². The number of amides is 1. The van der Waals surface area contributed by atoms with E-state index in [0.717, 1.165) is 50.1 Å². The van der Waals surface area contributed by atoms with Crippen molar-refractivity contribution < 1.29 is 4.79 Å². The lowest BCUT2D eigenvalue weighted by molar-refractivity contribution is -0.145. The van der Waals surface area contributed by atoms with Gasteiger partial charge in [-0.2, -0.15) is 0 Å². The van der Waals surface area contributed by atoms with Crippen LogP contribution in [0, 0.1) is 0 Å². The van der Waals surface area contributed by atoms with E-state index >= 15 is 0 Å². The Morgan fingerprint density at radius 2 is 1.73 bits per heavy atom. The van der Waals surface area contributed by atoms with Gasteiger partial charge in [0, 0.05) is 49.8 Å². The summed E-state index contributed by atoms with van der Waals surface area (Å²) >= 11 is 12.3. The van der Waals surface area contributed by atoms with Crippen LogP contribution in [0.1, 0.15) is 23.1 Å². The third-order valence-corrected chi connectivity index (χ3v) is 6.35. The van der Waals surface area contributed by atoms with Crippen LogP contribution in [-0.4, -0.2) is 48.9 Å². The van der Waals surface area contributed by atoms with Gasteiger partial charge < -0.3 is 10.2 Å². The predicted octanol–water partition coefficient (Wildman–Crippen LogP) is 4.54. The minimum atomic E-state index is -0.587. The molecule has 1 atom stereocenters. The van der Waals surface area contributed by atoms with Crippen molar-refractivity contribution in [2.45, 2.75) is 24.9 Å². The maximum Gasteiger partial charge on any atom is 0.247 e. The summed E-state index contributed by atoms with van der Waals surface area (Å²) in [5.41, 5.74) is 2.80. The second kappa shape index (κ2) is 10.5. The number of carbonyl (C=O) groups excluding carboxylic acids is 1. The third-order valence-electron chi connectivity index (χ3n) is 5.92. The summed E-state index contributed by atoms with van der Waals surface area (Å²) in [4.78, 5) is 18.1. The SMILES string of the molecule is CN(Cc1cc(Cl)cc(Cl)c1)C(=O)[C@]1(N2CCNCC2)CCc2ccccc21.Cl.Cl. The summed E-state index contributed by atoms with van der Waals surface area (Å²) in [5, 5.41) is 4.58. The van der Waals surface area contributed by atoms with Crippen molar-refractivity contribution in [3.63, 3.8) is 0 Å². The first-order chi connectivity index (χ1) is 13.5. The van der Waals surface area contributed by atoms with E-state index in [9.17, 15) is 4.79 Å². The largest absolute Gasteiger partial charge is 0.340 e. The zero-order chi connectivity index (χ0) is 19.7. The standard InChI is InChI=1S/C22H25Cl2N3O.2ClH/c1-26(15-16-12-18(23)14-19(24)13-16)21(28)22(27-10-8-25-9-11-27)7-6-17-4-2-3-5-20(17)22;;/h2-5,12-14,25H,6-11,15H2,1H3;2*1H/t22-;;/m0../s1. The smallest absolute Gasteiger partial charge is 0.247 e. The van der Waals surface area contributed by atoms with Gasteiger partial charge in [0.05, 0.1) is 0 Å². The lowest BCUT2D eigenvalue weighted by Gasteiger charge is -2.44. The predicted molar refractivity (Wildman–Crippen MR) is 128 cm³/mol. The Bertz CT molecular complexity index is 868. The molecule has 0 aromatic heterocycles. The molecule has 1 aliphatic carbocycles. The first-order valence-corrected chi connectivity index (χ1v) is 10.5. The summed E-state index contributed by atoms with van der Waals surface area (Å²) in [6, 6.07) is 13.9. The highest BCUT2D eigenvalue weighted by Gasteiger charge is 2.50. The fourth-order valence-corrected chi connectivity index (χ4v) is 5.26. The number of rotatable bonds is 4. The second-order valence-electron chi connectivity index (χ2n) is 7.69. The molecule has 4 nitrogen and oxygen atoms in total. The molecule has 0 spiro atoms. The third kappa shape index (κ3) is 4.74. The maximum absolute atomic E-state index is 13.9. The lowest BCUT2D eigenvalue weighted by atomic mass is 9.87. The van der Waals surface area contributed by atoms with E-state index in [1.165, 1.54) is 5.56 Å². The zero-order valence-corrected chi connectivity index (χ0v) is 20.0. The number of nitrogens with one attached hydrogen (secondary N) is 1. The number of fused-ring (bicyclic) bond motifs is 1. The molecule has 2 aromatic carbocycles. The van der Waals surface area contributed by atoms with Crippen LogP contribution in [0.2, 0.25) is 10.0 Å². The fourth-order valence-electron chi connectivity index (χ4n) is 4.69. The number of hydrogen-bond donors (Lipinski definition) is 1. The molecule has 1 heterocycles. The molecule has 1 aliphatic heterocycles. The van der Waals surface area contributed by atoms with E-state index < -0.39 is 5.54 Å². The Hall–Kier alpha value is -1.01. The van der Waals surface area contributed by atoms with Crippen molar-refractivity contribution in [1.29, 1.82) is 0 Å². The topological polar surface area (TPSA) is 35.6 Å². The molecule has 30 heavy (non-hydrogen) atoms. The molecule has 1 fully saturated rings. The van der Waals surface area contributed by atoms with Crippen LogP contribution < -0.4 is 5.32 Å². The van der Waals surface area contributed by atoms with Crippen LogP contribution in [0.3, 0.4) is 0 Å². The van der Waals surface area contributed by atoms with Gasteiger partial charge in [-0.3, -0.25) is 9.69 Å². The Morgan fingerprint density at radius 1 is 1.10 bits per heavy atom. The Kier molecular flexibility index (Phi) is 8.87. The number of halogens is 4. The van der Waals surface area contributed by atoms with Crippen molar-refractivity contribution in [2.24, 2.45) is 0 Å². The number of nitrogens with zero attached hydrogens (tertiary/aromatic N) is 2. The molecule has 1 N–H and O–H groups in total. The monoisotopic (exact) mass is 489 g/mol. The molecule has 4 rings (SSSR count). The van der Waals surface area contributed by atoms with E-state index in [4.69, 9.17) is 23.2 Å². The van der Waals surface area contributed by atoms with E-state index in [2.05, 4.69) is 28.4 Å². The van der Waals surface area contributed by atoms with E-state index in [1.54, 1.807) is 6.07 Å². The summed E-state index contributed by atoms with van der Waals surface area (Å²) < 4.78 is 0. The van der Waals surface area contributed by atoms with Gasteiger partial charge in [-0.25, -0.2) is 0 Å². The Balaban J connectivity index is 0.00000160. The second-order valence-corrected chi connectivity index (χ2v) is 8.57. The number of piperazine rings is 1. The van der Waals surface area contributed by atoms with Crippen molar-refractivity contribution in [3.8, 4) is 0 Å². The summed E-state index contributed by atoms with van der Waals surface area (Å²) in [7, 11) is 1.88. The molecule has 2 aliphatic rings. The van der Waals surface area contributed by atoms with E-state index in [-0.39, 0.29) is 30.7 Å². The number of benzene rings is 2. The zero-order valence-electron chi connectivity index (χ0n) is 16.9. The van der Waals surface area contributed by atoms with Crippen LogP contribution in [0.15, 0.2) is 42.5 Å². The highest BCUT2D eigenvalue weighted by atomic mass is 35.5. The number of hydrogen-bond acceptors (Lipinski definition) is 3. The van der Waals surface area contributed by atoms with Crippen LogP contribution in [0.5, 0.6) is 0 Å². The molecular formula is C22H27Cl4N3O. The highest BCUT2D eigenvalue weighted by Crippen LogP contribution is 2.43. The fraction of sp³-hybridized carbons (Fsp3) is 0.409. The first kappa shape index (κ1) is 25.3. The minimum absolute atomic E-state index is 0. The summed E-state index contributed by atoms with van der Waals surface area (Å²) in [5.74, 6) is 0.149. The van der Waals surface area contributed by atoms with Crippen LogP contribution >= 0.6 is 48.0 Å². The van der Waals surface area contributed by atoms with Gasteiger partial charge in [-0.05, 0) is 47.7 Å². The first-order valence-electron chi connectivity index (χ1n) is 9.75. The number of likely N-dealkylation sites (N-methyl/N-ethyl adjacent to an activating group) is 1. The van der Waals surface area contributed by atoms with Crippen LogP contribution in [-0.2, 0) is 23.3 Å². The molecule has 1 saturated heterocycles. The minimum Gasteiger partial charge on any atom is -0.340 e. The normalized spacial score (nSPS) is 20.6. The molecule has 0 unspecified atom stereocenters. The summed E-state index contributed by atoms with van der Waals surface area (Å²) in [6.45, 7) is 4.04.